The van der Waals surface area contributed by atoms with E-state index in [4.69, 9.17) is 26.8 Å². The molecule has 1 unspecified atom stereocenters. The normalized spacial score (nSPS) is 14.9. The molecule has 0 saturated carbocycles. The van der Waals surface area contributed by atoms with Gasteiger partial charge in [-0.2, -0.15) is 0 Å². The second-order valence-electron chi connectivity index (χ2n) is 5.34. The van der Waals surface area contributed by atoms with E-state index in [1.807, 2.05) is 12.1 Å². The number of hydrogen-bond donors (Lipinski definition) is 1. The lowest BCUT2D eigenvalue weighted by Gasteiger charge is -2.22. The van der Waals surface area contributed by atoms with Crippen molar-refractivity contribution in [2.45, 2.75) is 19.9 Å². The van der Waals surface area contributed by atoms with Gasteiger partial charge in [0, 0.05) is 11.1 Å². The summed E-state index contributed by atoms with van der Waals surface area (Å²) in [5.41, 5.74) is 10.7. The maximum absolute atomic E-state index is 6.39. The lowest BCUT2D eigenvalue weighted by atomic mass is 9.96. The van der Waals surface area contributed by atoms with Crippen molar-refractivity contribution in [1.82, 2.24) is 0 Å². The van der Waals surface area contributed by atoms with E-state index < -0.39 is 0 Å². The van der Waals surface area contributed by atoms with E-state index >= 15 is 0 Å². The zero-order valence-corrected chi connectivity index (χ0v) is 12.9. The Hall–Kier alpha value is -1.71. The molecule has 1 aliphatic rings. The number of hydrogen-bond acceptors (Lipinski definition) is 3. The Morgan fingerprint density at radius 1 is 1.00 bits per heavy atom. The van der Waals surface area contributed by atoms with E-state index in [0.717, 1.165) is 11.1 Å². The van der Waals surface area contributed by atoms with Gasteiger partial charge in [0.25, 0.3) is 0 Å². The van der Waals surface area contributed by atoms with E-state index in [0.29, 0.717) is 29.7 Å². The second-order valence-corrected chi connectivity index (χ2v) is 5.75. The molecular formula is C17H18ClNO2. The zero-order chi connectivity index (χ0) is 15.0. The fourth-order valence-corrected chi connectivity index (χ4v) is 2.73. The lowest BCUT2D eigenvalue weighted by molar-refractivity contribution is 0.171. The Morgan fingerprint density at radius 2 is 1.67 bits per heavy atom. The van der Waals surface area contributed by atoms with Crippen LogP contribution >= 0.6 is 11.6 Å². The summed E-state index contributed by atoms with van der Waals surface area (Å²) in [7, 11) is 0. The summed E-state index contributed by atoms with van der Waals surface area (Å²) >= 11 is 6.36. The number of aryl methyl sites for hydroxylation is 2. The molecule has 0 radical (unpaired) electrons. The molecule has 0 amide bonds. The van der Waals surface area contributed by atoms with Crippen molar-refractivity contribution in [1.29, 1.82) is 0 Å². The molecule has 1 heterocycles. The van der Waals surface area contributed by atoms with Crippen molar-refractivity contribution >= 4 is 11.6 Å². The molecule has 21 heavy (non-hydrogen) atoms. The van der Waals surface area contributed by atoms with Crippen molar-refractivity contribution < 1.29 is 9.47 Å². The zero-order valence-electron chi connectivity index (χ0n) is 12.2. The second kappa shape index (κ2) is 5.58. The van der Waals surface area contributed by atoms with Gasteiger partial charge in [-0.05, 0) is 42.2 Å². The van der Waals surface area contributed by atoms with Gasteiger partial charge in [-0.1, -0.05) is 29.8 Å². The predicted octanol–water partition coefficient (Wildman–Crippen LogP) is 3.78. The number of fused-ring (bicyclic) bond motifs is 1. The highest BCUT2D eigenvalue weighted by Gasteiger charge is 2.19. The molecule has 1 atom stereocenters. The van der Waals surface area contributed by atoms with E-state index in [2.05, 4.69) is 26.0 Å². The average Bonchev–Trinajstić information content (AvgIpc) is 2.48. The van der Waals surface area contributed by atoms with Crippen LogP contribution in [-0.2, 0) is 0 Å². The van der Waals surface area contributed by atoms with E-state index in [1.165, 1.54) is 11.1 Å². The summed E-state index contributed by atoms with van der Waals surface area (Å²) in [4.78, 5) is 0. The molecule has 3 nitrogen and oxygen atoms in total. The fraction of sp³-hybridized carbons (Fsp3) is 0.294. The third kappa shape index (κ3) is 2.71. The van der Waals surface area contributed by atoms with Gasteiger partial charge in [0.1, 0.15) is 13.2 Å². The van der Waals surface area contributed by atoms with E-state index in [1.54, 1.807) is 6.07 Å². The first-order chi connectivity index (χ1) is 10.1. The smallest absolute Gasteiger partial charge is 0.162 e. The molecule has 0 spiro atoms. The molecule has 3 rings (SSSR count). The fourth-order valence-electron chi connectivity index (χ4n) is 2.46. The standard InChI is InChI=1S/C17H18ClNO2/c1-10-3-4-12(7-11(10)2)17(19)13-8-15-16(9-14(13)18)21-6-5-20-15/h3-4,7-9,17H,5-6,19H2,1-2H3. The number of rotatable bonds is 2. The van der Waals surface area contributed by atoms with Gasteiger partial charge in [0.15, 0.2) is 11.5 Å². The summed E-state index contributed by atoms with van der Waals surface area (Å²) in [5.74, 6) is 1.39. The van der Waals surface area contributed by atoms with Crippen molar-refractivity contribution in [2.75, 3.05) is 13.2 Å². The van der Waals surface area contributed by atoms with Gasteiger partial charge in [0.2, 0.25) is 0 Å². The van der Waals surface area contributed by atoms with Crippen LogP contribution in [0.5, 0.6) is 11.5 Å². The summed E-state index contributed by atoms with van der Waals surface area (Å²) in [6, 6.07) is 9.61. The third-order valence-electron chi connectivity index (χ3n) is 3.89. The van der Waals surface area contributed by atoms with Gasteiger partial charge in [-0.15, -0.1) is 0 Å². The molecule has 2 aromatic rings. The van der Waals surface area contributed by atoms with Gasteiger partial charge in [0.05, 0.1) is 6.04 Å². The van der Waals surface area contributed by atoms with Crippen LogP contribution < -0.4 is 15.2 Å². The molecule has 110 valence electrons. The Balaban J connectivity index is 2.00. The molecule has 0 fully saturated rings. The first-order valence-corrected chi connectivity index (χ1v) is 7.36. The highest BCUT2D eigenvalue weighted by Crippen LogP contribution is 2.38. The summed E-state index contributed by atoms with van der Waals surface area (Å²) in [5, 5.41) is 0.602. The van der Waals surface area contributed by atoms with Crippen LogP contribution in [0, 0.1) is 13.8 Å². The van der Waals surface area contributed by atoms with Gasteiger partial charge >= 0.3 is 0 Å². The first kappa shape index (κ1) is 14.2. The first-order valence-electron chi connectivity index (χ1n) is 6.98. The molecular weight excluding hydrogens is 286 g/mol. The summed E-state index contributed by atoms with van der Waals surface area (Å²) < 4.78 is 11.1. The predicted molar refractivity (Wildman–Crippen MR) is 84.4 cm³/mol. The highest BCUT2D eigenvalue weighted by molar-refractivity contribution is 6.31. The minimum absolute atomic E-state index is 0.285. The van der Waals surface area contributed by atoms with Crippen LogP contribution in [-0.4, -0.2) is 13.2 Å². The topological polar surface area (TPSA) is 44.5 Å². The Bertz CT molecular complexity index is 685. The van der Waals surface area contributed by atoms with E-state index in [9.17, 15) is 0 Å². The number of benzene rings is 2. The van der Waals surface area contributed by atoms with Crippen LogP contribution in [0.1, 0.15) is 28.3 Å². The minimum atomic E-state index is -0.285. The molecule has 0 bridgehead atoms. The van der Waals surface area contributed by atoms with Crippen LogP contribution in [0.25, 0.3) is 0 Å². The Labute approximate surface area is 129 Å². The van der Waals surface area contributed by atoms with Crippen LogP contribution in [0.3, 0.4) is 0 Å². The largest absolute Gasteiger partial charge is 0.486 e. The quantitative estimate of drug-likeness (QED) is 0.918. The molecule has 1 aliphatic heterocycles. The molecule has 2 N–H and O–H groups in total. The molecule has 0 aliphatic carbocycles. The number of nitrogens with two attached hydrogens (primary N) is 1. The SMILES string of the molecule is Cc1ccc(C(N)c2cc3c(cc2Cl)OCCO3)cc1C. The summed E-state index contributed by atoms with van der Waals surface area (Å²) in [6.07, 6.45) is 0. The van der Waals surface area contributed by atoms with Crippen molar-refractivity contribution in [2.24, 2.45) is 5.73 Å². The molecule has 0 aromatic heterocycles. The highest BCUT2D eigenvalue weighted by atomic mass is 35.5. The van der Waals surface area contributed by atoms with Gasteiger partial charge < -0.3 is 15.2 Å². The van der Waals surface area contributed by atoms with Gasteiger partial charge in [-0.25, -0.2) is 0 Å². The maximum Gasteiger partial charge on any atom is 0.162 e. The van der Waals surface area contributed by atoms with Crippen LogP contribution in [0.15, 0.2) is 30.3 Å². The Morgan fingerprint density at radius 3 is 2.33 bits per heavy atom. The minimum Gasteiger partial charge on any atom is -0.486 e. The van der Waals surface area contributed by atoms with Gasteiger partial charge in [-0.3, -0.25) is 0 Å². The lowest BCUT2D eigenvalue weighted by Crippen LogP contribution is -2.17. The molecule has 0 saturated heterocycles. The van der Waals surface area contributed by atoms with Crippen LogP contribution in [0.2, 0.25) is 5.02 Å². The van der Waals surface area contributed by atoms with Crippen molar-refractivity contribution in [3.8, 4) is 11.5 Å². The van der Waals surface area contributed by atoms with Crippen LogP contribution in [0.4, 0.5) is 0 Å². The van der Waals surface area contributed by atoms with Crippen molar-refractivity contribution in [3.05, 3.63) is 57.6 Å². The monoisotopic (exact) mass is 303 g/mol. The maximum atomic E-state index is 6.39. The van der Waals surface area contributed by atoms with E-state index in [-0.39, 0.29) is 6.04 Å². The number of ether oxygens (including phenoxy) is 2. The molecule has 2 aromatic carbocycles. The average molecular weight is 304 g/mol. The third-order valence-corrected chi connectivity index (χ3v) is 4.21. The number of halogens is 1. The molecule has 4 heteroatoms. The van der Waals surface area contributed by atoms with Crippen molar-refractivity contribution in [3.63, 3.8) is 0 Å². The Kier molecular flexibility index (Phi) is 3.79. The summed E-state index contributed by atoms with van der Waals surface area (Å²) in [6.45, 7) is 5.26.